The number of hydrogen-bond donors (Lipinski definition) is 2. The van der Waals surface area contributed by atoms with Crippen LogP contribution in [0.4, 0.5) is 5.69 Å². The van der Waals surface area contributed by atoms with Gasteiger partial charge in [0, 0.05) is 12.6 Å². The van der Waals surface area contributed by atoms with E-state index in [0.717, 1.165) is 24.9 Å². The monoisotopic (exact) mass is 314 g/mol. The van der Waals surface area contributed by atoms with Crippen LogP contribution >= 0.6 is 15.9 Å². The molecule has 1 aromatic carbocycles. The Morgan fingerprint density at radius 2 is 2.22 bits per heavy atom. The zero-order valence-electron chi connectivity index (χ0n) is 9.80. The van der Waals surface area contributed by atoms with E-state index in [1.165, 1.54) is 6.07 Å². The molecule has 0 aliphatic heterocycles. The maximum atomic E-state index is 10.8. The van der Waals surface area contributed by atoms with Crippen molar-refractivity contribution < 1.29 is 10.0 Å². The second-order valence-corrected chi connectivity index (χ2v) is 5.42. The average Bonchev–Trinajstić information content (AvgIpc) is 2.28. The Hall–Kier alpha value is -0.980. The van der Waals surface area contributed by atoms with Gasteiger partial charge in [-0.25, -0.2) is 0 Å². The molecular weight excluding hydrogens is 300 g/mol. The van der Waals surface area contributed by atoms with Gasteiger partial charge < -0.3 is 10.4 Å². The van der Waals surface area contributed by atoms with E-state index in [9.17, 15) is 10.1 Å². The van der Waals surface area contributed by atoms with Crippen LogP contribution in [-0.2, 0) is 6.54 Å². The molecule has 5 nitrogen and oxygen atoms in total. The van der Waals surface area contributed by atoms with E-state index < -0.39 is 4.92 Å². The Kier molecular flexibility index (Phi) is 4.31. The van der Waals surface area contributed by atoms with Crippen LogP contribution in [-0.4, -0.2) is 22.7 Å². The summed E-state index contributed by atoms with van der Waals surface area (Å²) >= 11 is 3.27. The molecule has 0 heterocycles. The maximum Gasteiger partial charge on any atom is 0.283 e. The molecule has 0 radical (unpaired) electrons. The van der Waals surface area contributed by atoms with Gasteiger partial charge in [-0.05, 0) is 46.8 Å². The SMILES string of the molecule is O=[N+]([O-])c1cccc(CNCC2CC(O)C2)c1Br. The van der Waals surface area contributed by atoms with Crippen LogP contribution in [0, 0.1) is 16.0 Å². The van der Waals surface area contributed by atoms with E-state index >= 15 is 0 Å². The summed E-state index contributed by atoms with van der Waals surface area (Å²) in [4.78, 5) is 10.4. The highest BCUT2D eigenvalue weighted by molar-refractivity contribution is 9.10. The predicted octanol–water partition coefficient (Wildman–Crippen LogP) is 2.22. The number of nitrogens with zero attached hydrogens (tertiary/aromatic N) is 1. The van der Waals surface area contributed by atoms with Crippen molar-refractivity contribution in [2.45, 2.75) is 25.5 Å². The van der Waals surface area contributed by atoms with Gasteiger partial charge in [0.15, 0.2) is 0 Å². The number of nitro benzene ring substituents is 1. The van der Waals surface area contributed by atoms with Gasteiger partial charge in [-0.1, -0.05) is 12.1 Å². The lowest BCUT2D eigenvalue weighted by atomic mass is 9.82. The fourth-order valence-corrected chi connectivity index (χ4v) is 2.67. The number of nitro groups is 1. The maximum absolute atomic E-state index is 10.8. The van der Waals surface area contributed by atoms with Crippen LogP contribution in [0.2, 0.25) is 0 Å². The molecule has 2 N–H and O–H groups in total. The van der Waals surface area contributed by atoms with Crippen molar-refractivity contribution in [3.63, 3.8) is 0 Å². The standard InChI is InChI=1S/C12H15BrN2O3/c13-12-9(2-1-3-11(12)15(17)18)7-14-6-8-4-10(16)5-8/h1-3,8,10,14,16H,4-7H2. The van der Waals surface area contributed by atoms with Crippen molar-refractivity contribution in [1.82, 2.24) is 5.32 Å². The topological polar surface area (TPSA) is 75.4 Å². The minimum Gasteiger partial charge on any atom is -0.393 e. The molecule has 0 spiro atoms. The van der Waals surface area contributed by atoms with Crippen molar-refractivity contribution in [2.75, 3.05) is 6.54 Å². The molecule has 1 aliphatic carbocycles. The summed E-state index contributed by atoms with van der Waals surface area (Å²) in [5.74, 6) is 0.525. The number of nitrogens with one attached hydrogen (secondary N) is 1. The van der Waals surface area contributed by atoms with E-state index in [1.54, 1.807) is 6.07 Å². The largest absolute Gasteiger partial charge is 0.393 e. The number of hydrogen-bond acceptors (Lipinski definition) is 4. The quantitative estimate of drug-likeness (QED) is 0.645. The minimum atomic E-state index is -0.393. The lowest BCUT2D eigenvalue weighted by molar-refractivity contribution is -0.385. The van der Waals surface area contributed by atoms with Crippen LogP contribution in [0.15, 0.2) is 22.7 Å². The summed E-state index contributed by atoms with van der Waals surface area (Å²) in [5, 5.41) is 23.2. The fourth-order valence-electron chi connectivity index (χ4n) is 2.12. The zero-order chi connectivity index (χ0) is 13.1. The molecule has 1 fully saturated rings. The van der Waals surface area contributed by atoms with Gasteiger partial charge in [0.1, 0.15) is 0 Å². The number of aliphatic hydroxyl groups excluding tert-OH is 1. The summed E-state index contributed by atoms with van der Waals surface area (Å²) in [6.07, 6.45) is 1.56. The van der Waals surface area contributed by atoms with Crippen molar-refractivity contribution in [2.24, 2.45) is 5.92 Å². The lowest BCUT2D eigenvalue weighted by Crippen LogP contribution is -2.35. The molecule has 0 atom stereocenters. The zero-order valence-corrected chi connectivity index (χ0v) is 11.4. The third kappa shape index (κ3) is 3.07. The molecule has 0 unspecified atom stereocenters. The predicted molar refractivity (Wildman–Crippen MR) is 71.2 cm³/mol. The van der Waals surface area contributed by atoms with Crippen molar-refractivity contribution in [1.29, 1.82) is 0 Å². The number of rotatable bonds is 5. The summed E-state index contributed by atoms with van der Waals surface area (Å²) in [6.45, 7) is 1.43. The Morgan fingerprint density at radius 1 is 1.50 bits per heavy atom. The minimum absolute atomic E-state index is 0.0911. The smallest absolute Gasteiger partial charge is 0.283 e. The third-order valence-electron chi connectivity index (χ3n) is 3.21. The Bertz CT molecular complexity index is 447. The van der Waals surface area contributed by atoms with Crippen molar-refractivity contribution in [3.8, 4) is 0 Å². The molecule has 1 aromatic rings. The highest BCUT2D eigenvalue weighted by atomic mass is 79.9. The van der Waals surface area contributed by atoms with Crippen LogP contribution in [0.1, 0.15) is 18.4 Å². The van der Waals surface area contributed by atoms with Gasteiger partial charge in [-0.2, -0.15) is 0 Å². The highest BCUT2D eigenvalue weighted by Crippen LogP contribution is 2.29. The summed E-state index contributed by atoms with van der Waals surface area (Å²) in [5.41, 5.74) is 0.970. The molecule has 0 amide bonds. The van der Waals surface area contributed by atoms with Crippen LogP contribution in [0.3, 0.4) is 0 Å². The van der Waals surface area contributed by atoms with E-state index in [-0.39, 0.29) is 11.8 Å². The average molecular weight is 315 g/mol. The molecule has 0 aromatic heterocycles. The van der Waals surface area contributed by atoms with Crippen molar-refractivity contribution >= 4 is 21.6 Å². The number of halogens is 1. The van der Waals surface area contributed by atoms with Crippen LogP contribution in [0.25, 0.3) is 0 Å². The van der Waals surface area contributed by atoms with E-state index in [0.29, 0.717) is 16.9 Å². The first kappa shape index (κ1) is 13.5. The fraction of sp³-hybridized carbons (Fsp3) is 0.500. The Balaban J connectivity index is 1.89. The van der Waals surface area contributed by atoms with Crippen LogP contribution < -0.4 is 5.32 Å². The van der Waals surface area contributed by atoms with E-state index in [2.05, 4.69) is 21.2 Å². The second kappa shape index (κ2) is 5.77. The van der Waals surface area contributed by atoms with Gasteiger partial charge in [-0.3, -0.25) is 10.1 Å². The molecule has 98 valence electrons. The normalized spacial score (nSPS) is 22.6. The van der Waals surface area contributed by atoms with Crippen LogP contribution in [0.5, 0.6) is 0 Å². The summed E-state index contributed by atoms with van der Waals surface area (Å²) < 4.78 is 0.538. The molecular formula is C12H15BrN2O3. The Morgan fingerprint density at radius 3 is 2.83 bits per heavy atom. The molecule has 1 aliphatic rings. The molecule has 0 saturated heterocycles. The van der Waals surface area contributed by atoms with Gasteiger partial charge >= 0.3 is 0 Å². The molecule has 1 saturated carbocycles. The van der Waals surface area contributed by atoms with Gasteiger partial charge in [0.05, 0.1) is 15.5 Å². The van der Waals surface area contributed by atoms with Gasteiger partial charge in [-0.15, -0.1) is 0 Å². The third-order valence-corrected chi connectivity index (χ3v) is 4.13. The molecule has 6 heteroatoms. The molecule has 2 rings (SSSR count). The first-order valence-corrected chi connectivity index (χ1v) is 6.67. The molecule has 18 heavy (non-hydrogen) atoms. The van der Waals surface area contributed by atoms with Gasteiger partial charge in [0.25, 0.3) is 5.69 Å². The van der Waals surface area contributed by atoms with Crippen molar-refractivity contribution in [3.05, 3.63) is 38.3 Å². The van der Waals surface area contributed by atoms with Gasteiger partial charge in [0.2, 0.25) is 0 Å². The first-order chi connectivity index (χ1) is 8.58. The first-order valence-electron chi connectivity index (χ1n) is 5.88. The van der Waals surface area contributed by atoms with E-state index in [1.807, 2.05) is 6.07 Å². The molecule has 0 bridgehead atoms. The van der Waals surface area contributed by atoms with E-state index in [4.69, 9.17) is 5.11 Å². The lowest BCUT2D eigenvalue weighted by Gasteiger charge is -2.31. The summed E-state index contributed by atoms with van der Waals surface area (Å²) in [6, 6.07) is 5.03. The highest BCUT2D eigenvalue weighted by Gasteiger charge is 2.26. The second-order valence-electron chi connectivity index (χ2n) is 4.63. The Labute approximate surface area is 113 Å². The number of aliphatic hydroxyl groups is 1. The number of benzene rings is 1. The summed E-state index contributed by atoms with van der Waals surface area (Å²) in [7, 11) is 0.